The van der Waals surface area contributed by atoms with Crippen LogP contribution >= 0.6 is 11.3 Å². The number of fused-ring (bicyclic) bond motifs is 1. The van der Waals surface area contributed by atoms with Crippen molar-refractivity contribution in [2.24, 2.45) is 0 Å². The number of piperazine rings is 1. The second-order valence-electron chi connectivity index (χ2n) is 8.91. The van der Waals surface area contributed by atoms with E-state index in [1.807, 2.05) is 17.9 Å². The van der Waals surface area contributed by atoms with Crippen LogP contribution in [0.1, 0.15) is 48.7 Å². The van der Waals surface area contributed by atoms with Gasteiger partial charge in [-0.2, -0.15) is 0 Å². The van der Waals surface area contributed by atoms with E-state index in [1.165, 1.54) is 16.0 Å². The normalized spacial score (nSPS) is 20.6. The summed E-state index contributed by atoms with van der Waals surface area (Å²) in [4.78, 5) is 44.9. The van der Waals surface area contributed by atoms with Crippen molar-refractivity contribution >= 4 is 29.1 Å². The molecule has 0 unspecified atom stereocenters. The maximum absolute atomic E-state index is 13.3. The lowest BCUT2D eigenvalue weighted by atomic mass is 9.93. The van der Waals surface area contributed by atoms with Gasteiger partial charge >= 0.3 is 5.97 Å². The number of hydrogen-bond donors (Lipinski definition) is 0. The van der Waals surface area contributed by atoms with Crippen molar-refractivity contribution in [1.82, 2.24) is 14.7 Å². The first kappa shape index (κ1) is 24.4. The Bertz CT molecular complexity index is 1010. The smallest absolute Gasteiger partial charge is 0.306 e. The molecule has 2 atom stereocenters. The van der Waals surface area contributed by atoms with Crippen LogP contribution in [-0.4, -0.2) is 77.9 Å². The summed E-state index contributed by atoms with van der Waals surface area (Å²) in [6, 6.07) is 12.6. The van der Waals surface area contributed by atoms with Crippen LogP contribution in [0.5, 0.6) is 0 Å². The molecule has 1 saturated heterocycles. The topological polar surface area (TPSA) is 70.2 Å². The Balaban J connectivity index is 1.37. The van der Waals surface area contributed by atoms with E-state index in [0.29, 0.717) is 32.8 Å². The zero-order valence-electron chi connectivity index (χ0n) is 19.9. The van der Waals surface area contributed by atoms with Crippen LogP contribution < -0.4 is 0 Å². The van der Waals surface area contributed by atoms with Gasteiger partial charge in [-0.25, -0.2) is 0 Å². The molecule has 2 aliphatic heterocycles. The molecular weight excluding hydrogens is 450 g/mol. The summed E-state index contributed by atoms with van der Waals surface area (Å²) in [5.74, 6) is -0.302. The van der Waals surface area contributed by atoms with Gasteiger partial charge in [0, 0.05) is 43.5 Å². The second kappa shape index (κ2) is 11.1. The Morgan fingerprint density at radius 1 is 1.03 bits per heavy atom. The molecule has 3 heterocycles. The SMILES string of the molecule is CCOC(=O)CCC(=O)N1CCN(C(=O)CN2CCc3sccc3[C@@H]2c2ccccc2)C[C@@H]1C. The van der Waals surface area contributed by atoms with E-state index in [1.54, 1.807) is 23.2 Å². The molecule has 182 valence electrons. The molecule has 1 fully saturated rings. The average Bonchev–Trinajstić information content (AvgIpc) is 3.32. The fourth-order valence-corrected chi connectivity index (χ4v) is 5.88. The first-order valence-corrected chi connectivity index (χ1v) is 12.9. The molecule has 0 bridgehead atoms. The summed E-state index contributed by atoms with van der Waals surface area (Å²) >= 11 is 1.80. The fraction of sp³-hybridized carbons (Fsp3) is 0.500. The lowest BCUT2D eigenvalue weighted by Gasteiger charge is -2.42. The standard InChI is InChI=1S/C26H33N3O4S/c1-3-33-25(32)10-9-23(30)29-15-14-27(17-19(29)2)24(31)18-28-13-11-22-21(12-16-34-22)26(28)20-7-5-4-6-8-20/h4-8,12,16,19,26H,3,9-11,13-15,17-18H2,1-2H3/t19-,26-/m0/s1. The number of rotatable bonds is 7. The average molecular weight is 484 g/mol. The monoisotopic (exact) mass is 483 g/mol. The van der Waals surface area contributed by atoms with Gasteiger partial charge in [-0.05, 0) is 42.8 Å². The van der Waals surface area contributed by atoms with Gasteiger partial charge in [0.1, 0.15) is 0 Å². The van der Waals surface area contributed by atoms with Crippen LogP contribution in [0.3, 0.4) is 0 Å². The van der Waals surface area contributed by atoms with Crippen LogP contribution in [0.2, 0.25) is 0 Å². The van der Waals surface area contributed by atoms with E-state index in [2.05, 4.69) is 40.6 Å². The predicted molar refractivity (Wildman–Crippen MR) is 132 cm³/mol. The molecule has 0 radical (unpaired) electrons. The van der Waals surface area contributed by atoms with Gasteiger partial charge < -0.3 is 14.5 Å². The van der Waals surface area contributed by atoms with Crippen LogP contribution in [0.4, 0.5) is 0 Å². The van der Waals surface area contributed by atoms with Crippen molar-refractivity contribution < 1.29 is 19.1 Å². The van der Waals surface area contributed by atoms with Crippen LogP contribution in [0, 0.1) is 0 Å². The fourth-order valence-electron chi connectivity index (χ4n) is 4.98. The molecule has 34 heavy (non-hydrogen) atoms. The van der Waals surface area contributed by atoms with Crippen molar-refractivity contribution in [3.63, 3.8) is 0 Å². The number of carbonyl (C=O) groups excluding carboxylic acids is 3. The number of benzene rings is 1. The zero-order valence-corrected chi connectivity index (χ0v) is 20.8. The van der Waals surface area contributed by atoms with Gasteiger partial charge in [0.2, 0.25) is 11.8 Å². The highest BCUT2D eigenvalue weighted by Crippen LogP contribution is 2.37. The summed E-state index contributed by atoms with van der Waals surface area (Å²) < 4.78 is 4.92. The molecule has 8 heteroatoms. The summed E-state index contributed by atoms with van der Waals surface area (Å²) in [6.45, 7) is 6.76. The summed E-state index contributed by atoms with van der Waals surface area (Å²) in [5.41, 5.74) is 2.51. The van der Waals surface area contributed by atoms with Crippen molar-refractivity contribution in [3.8, 4) is 0 Å². The number of carbonyl (C=O) groups is 3. The van der Waals surface area contributed by atoms with Gasteiger partial charge in [-0.3, -0.25) is 19.3 Å². The van der Waals surface area contributed by atoms with Gasteiger partial charge in [0.25, 0.3) is 0 Å². The van der Waals surface area contributed by atoms with Crippen LogP contribution in [0.15, 0.2) is 41.8 Å². The third kappa shape index (κ3) is 5.50. The lowest BCUT2D eigenvalue weighted by molar-refractivity contribution is -0.147. The number of hydrogen-bond acceptors (Lipinski definition) is 6. The van der Waals surface area contributed by atoms with Gasteiger partial charge in [-0.15, -0.1) is 11.3 Å². The third-order valence-corrected chi connectivity index (χ3v) is 7.66. The van der Waals surface area contributed by atoms with Crippen LogP contribution in [0.25, 0.3) is 0 Å². The Kier molecular flexibility index (Phi) is 8.00. The Morgan fingerprint density at radius 3 is 2.56 bits per heavy atom. The van der Waals surface area contributed by atoms with Crippen molar-refractivity contribution in [2.45, 2.75) is 45.2 Å². The van der Waals surface area contributed by atoms with E-state index in [9.17, 15) is 14.4 Å². The highest BCUT2D eigenvalue weighted by atomic mass is 32.1. The molecular formula is C26H33N3O4S. The number of ether oxygens (including phenoxy) is 1. The minimum atomic E-state index is -0.347. The maximum Gasteiger partial charge on any atom is 0.306 e. The summed E-state index contributed by atoms with van der Waals surface area (Å²) in [7, 11) is 0. The number of esters is 1. The number of amides is 2. The molecule has 0 N–H and O–H groups in total. The highest BCUT2D eigenvalue weighted by Gasteiger charge is 2.34. The quantitative estimate of drug-likeness (QED) is 0.566. The largest absolute Gasteiger partial charge is 0.466 e. The van der Waals surface area contributed by atoms with Crippen LogP contribution in [-0.2, 0) is 25.5 Å². The van der Waals surface area contributed by atoms with E-state index in [0.717, 1.165) is 13.0 Å². The third-order valence-electron chi connectivity index (χ3n) is 6.67. The molecule has 0 aliphatic carbocycles. The maximum atomic E-state index is 13.3. The van der Waals surface area contributed by atoms with E-state index < -0.39 is 0 Å². The van der Waals surface area contributed by atoms with E-state index >= 15 is 0 Å². The Hall–Kier alpha value is -2.71. The second-order valence-corrected chi connectivity index (χ2v) is 9.91. The van der Waals surface area contributed by atoms with Gasteiger partial charge in [0.15, 0.2) is 0 Å². The van der Waals surface area contributed by atoms with Gasteiger partial charge in [-0.1, -0.05) is 30.3 Å². The molecule has 4 rings (SSSR count). The first-order chi connectivity index (χ1) is 16.5. The number of thiophene rings is 1. The molecule has 0 spiro atoms. The molecule has 2 aromatic rings. The molecule has 7 nitrogen and oxygen atoms in total. The molecule has 2 aliphatic rings. The lowest BCUT2D eigenvalue weighted by Crippen LogP contribution is -2.57. The minimum absolute atomic E-state index is 0.0576. The molecule has 1 aromatic heterocycles. The summed E-state index contributed by atoms with van der Waals surface area (Å²) in [5, 5.41) is 2.14. The van der Waals surface area contributed by atoms with Crippen molar-refractivity contribution in [1.29, 1.82) is 0 Å². The Labute approximate surface area is 205 Å². The predicted octanol–water partition coefficient (Wildman–Crippen LogP) is 3.10. The minimum Gasteiger partial charge on any atom is -0.466 e. The first-order valence-electron chi connectivity index (χ1n) is 12.1. The molecule has 0 saturated carbocycles. The summed E-state index contributed by atoms with van der Waals surface area (Å²) in [6.07, 6.45) is 1.20. The van der Waals surface area contributed by atoms with Crippen molar-refractivity contribution in [2.75, 3.05) is 39.3 Å². The van der Waals surface area contributed by atoms with Crippen molar-refractivity contribution in [3.05, 3.63) is 57.8 Å². The van der Waals surface area contributed by atoms with E-state index in [4.69, 9.17) is 4.74 Å². The molecule has 2 amide bonds. The number of nitrogens with zero attached hydrogens (tertiary/aromatic N) is 3. The zero-order chi connectivity index (χ0) is 24.1. The van der Waals surface area contributed by atoms with Gasteiger partial charge in [0.05, 0.1) is 25.6 Å². The Morgan fingerprint density at radius 2 is 1.82 bits per heavy atom. The highest BCUT2D eigenvalue weighted by molar-refractivity contribution is 7.10. The molecule has 1 aromatic carbocycles. The van der Waals surface area contributed by atoms with E-state index in [-0.39, 0.29) is 42.7 Å².